The minimum absolute atomic E-state index is 0.264. The van der Waals surface area contributed by atoms with Gasteiger partial charge in [0, 0.05) is 12.6 Å². The molecule has 1 fully saturated rings. The van der Waals surface area contributed by atoms with Crippen molar-refractivity contribution in [2.45, 2.75) is 31.8 Å². The van der Waals surface area contributed by atoms with Crippen molar-refractivity contribution in [1.82, 2.24) is 10.2 Å². The van der Waals surface area contributed by atoms with Crippen molar-refractivity contribution in [2.24, 2.45) is 0 Å². The summed E-state index contributed by atoms with van der Waals surface area (Å²) < 4.78 is 0. The van der Waals surface area contributed by atoms with Crippen molar-refractivity contribution in [3.8, 4) is 0 Å². The second kappa shape index (κ2) is 7.57. The van der Waals surface area contributed by atoms with Gasteiger partial charge in [-0.2, -0.15) is 0 Å². The molecule has 2 aromatic rings. The smallest absolute Gasteiger partial charge is 0.0579 e. The molecule has 0 saturated carbocycles. The summed E-state index contributed by atoms with van der Waals surface area (Å²) in [7, 11) is 0. The molecule has 116 valence electrons. The van der Waals surface area contributed by atoms with Gasteiger partial charge in [0.1, 0.15) is 0 Å². The van der Waals surface area contributed by atoms with Crippen LogP contribution in [0.4, 0.5) is 0 Å². The zero-order chi connectivity index (χ0) is 15.2. The van der Waals surface area contributed by atoms with Crippen LogP contribution >= 0.6 is 0 Å². The largest absolute Gasteiger partial charge is 0.302 e. The van der Waals surface area contributed by atoms with E-state index in [1.165, 1.54) is 37.1 Å². The van der Waals surface area contributed by atoms with Gasteiger partial charge in [-0.15, -0.1) is 0 Å². The topological polar surface area (TPSA) is 15.3 Å². The van der Waals surface area contributed by atoms with Gasteiger partial charge in [-0.3, -0.25) is 0 Å². The molecule has 2 aromatic carbocycles. The first-order valence-corrected chi connectivity index (χ1v) is 8.41. The van der Waals surface area contributed by atoms with Crippen LogP contribution in [0.1, 0.15) is 36.9 Å². The summed E-state index contributed by atoms with van der Waals surface area (Å²) in [5.74, 6) is 0. The Balaban J connectivity index is 1.74. The Morgan fingerprint density at radius 3 is 1.86 bits per heavy atom. The monoisotopic (exact) mass is 294 g/mol. The van der Waals surface area contributed by atoms with Crippen molar-refractivity contribution in [2.75, 3.05) is 19.6 Å². The Hall–Kier alpha value is -1.64. The van der Waals surface area contributed by atoms with Crippen LogP contribution in [0.2, 0.25) is 0 Å². The number of nitrogens with zero attached hydrogens (tertiary/aromatic N) is 1. The van der Waals surface area contributed by atoms with Crippen LogP contribution < -0.4 is 5.32 Å². The van der Waals surface area contributed by atoms with Crippen LogP contribution in [0.5, 0.6) is 0 Å². The molecule has 0 radical (unpaired) electrons. The minimum atomic E-state index is 0.264. The zero-order valence-electron chi connectivity index (χ0n) is 13.4. The van der Waals surface area contributed by atoms with E-state index in [4.69, 9.17) is 0 Å². The van der Waals surface area contributed by atoms with E-state index in [0.29, 0.717) is 6.04 Å². The van der Waals surface area contributed by atoms with E-state index in [1.54, 1.807) is 0 Å². The van der Waals surface area contributed by atoms with E-state index < -0.39 is 0 Å². The highest BCUT2D eigenvalue weighted by Crippen LogP contribution is 2.22. The van der Waals surface area contributed by atoms with E-state index in [2.05, 4.69) is 77.8 Å². The minimum Gasteiger partial charge on any atom is -0.302 e. The number of rotatable bonds is 6. The van der Waals surface area contributed by atoms with Crippen LogP contribution in [-0.4, -0.2) is 30.6 Å². The molecular weight excluding hydrogens is 268 g/mol. The summed E-state index contributed by atoms with van der Waals surface area (Å²) in [4.78, 5) is 2.57. The number of hydrogen-bond acceptors (Lipinski definition) is 2. The van der Waals surface area contributed by atoms with Crippen molar-refractivity contribution in [3.63, 3.8) is 0 Å². The maximum absolute atomic E-state index is 3.83. The molecule has 1 saturated heterocycles. The normalized spacial score (nSPS) is 17.0. The third-order valence-corrected chi connectivity index (χ3v) is 4.45. The molecule has 0 aliphatic carbocycles. The molecule has 2 heteroatoms. The molecule has 22 heavy (non-hydrogen) atoms. The summed E-state index contributed by atoms with van der Waals surface area (Å²) in [6.07, 6.45) is 2.71. The fourth-order valence-electron chi connectivity index (χ4n) is 3.37. The Kier molecular flexibility index (Phi) is 5.25. The molecule has 0 bridgehead atoms. The summed E-state index contributed by atoms with van der Waals surface area (Å²) >= 11 is 0. The molecule has 0 unspecified atom stereocenters. The summed E-state index contributed by atoms with van der Waals surface area (Å²) in [6, 6.07) is 22.3. The Labute approximate surface area is 134 Å². The lowest BCUT2D eigenvalue weighted by molar-refractivity contribution is 0.292. The van der Waals surface area contributed by atoms with Gasteiger partial charge in [-0.25, -0.2) is 0 Å². The molecule has 3 rings (SSSR count). The lowest BCUT2D eigenvalue weighted by Gasteiger charge is -2.27. The van der Waals surface area contributed by atoms with E-state index in [9.17, 15) is 0 Å². The van der Waals surface area contributed by atoms with Crippen molar-refractivity contribution in [1.29, 1.82) is 0 Å². The molecule has 1 aliphatic heterocycles. The lowest BCUT2D eigenvalue weighted by atomic mass is 9.98. The number of nitrogens with one attached hydrogen (secondary N) is 1. The van der Waals surface area contributed by atoms with Gasteiger partial charge in [0.2, 0.25) is 0 Å². The highest BCUT2D eigenvalue weighted by molar-refractivity contribution is 5.31. The highest BCUT2D eigenvalue weighted by Gasteiger charge is 2.19. The van der Waals surface area contributed by atoms with Crippen molar-refractivity contribution >= 4 is 0 Å². The quantitative estimate of drug-likeness (QED) is 0.870. The number of benzene rings is 2. The molecule has 1 N–H and O–H groups in total. The van der Waals surface area contributed by atoms with Gasteiger partial charge in [-0.1, -0.05) is 60.7 Å². The SMILES string of the molecule is C[C@@H](CN1CCCC1)NC(c1ccccc1)c1ccccc1. The number of hydrogen-bond donors (Lipinski definition) is 1. The van der Waals surface area contributed by atoms with Gasteiger partial charge < -0.3 is 10.2 Å². The molecule has 1 heterocycles. The van der Waals surface area contributed by atoms with E-state index in [-0.39, 0.29) is 6.04 Å². The first kappa shape index (κ1) is 15.3. The third kappa shape index (κ3) is 3.96. The van der Waals surface area contributed by atoms with Crippen molar-refractivity contribution < 1.29 is 0 Å². The standard InChI is InChI=1S/C20H26N2/c1-17(16-22-14-8-9-15-22)21-20(18-10-4-2-5-11-18)19-12-6-3-7-13-19/h2-7,10-13,17,20-21H,8-9,14-16H2,1H3/t17-/m0/s1. The molecule has 0 aromatic heterocycles. The molecule has 1 atom stereocenters. The molecule has 1 aliphatic rings. The second-order valence-electron chi connectivity index (χ2n) is 6.33. The predicted molar refractivity (Wildman–Crippen MR) is 93.0 cm³/mol. The average Bonchev–Trinajstić information content (AvgIpc) is 3.07. The van der Waals surface area contributed by atoms with E-state index in [1.807, 2.05) is 0 Å². The van der Waals surface area contributed by atoms with Crippen LogP contribution in [0.25, 0.3) is 0 Å². The molecular formula is C20H26N2. The summed E-state index contributed by atoms with van der Waals surface area (Å²) in [6.45, 7) is 5.95. The second-order valence-corrected chi connectivity index (χ2v) is 6.33. The van der Waals surface area contributed by atoms with Crippen LogP contribution in [-0.2, 0) is 0 Å². The maximum Gasteiger partial charge on any atom is 0.0579 e. The Morgan fingerprint density at radius 2 is 1.36 bits per heavy atom. The summed E-state index contributed by atoms with van der Waals surface area (Å²) in [5.41, 5.74) is 2.67. The Bertz CT molecular complexity index is 507. The molecule has 2 nitrogen and oxygen atoms in total. The number of likely N-dealkylation sites (tertiary alicyclic amines) is 1. The van der Waals surface area contributed by atoms with Gasteiger partial charge >= 0.3 is 0 Å². The van der Waals surface area contributed by atoms with Crippen LogP contribution in [0, 0.1) is 0 Å². The van der Waals surface area contributed by atoms with Crippen molar-refractivity contribution in [3.05, 3.63) is 71.8 Å². The van der Waals surface area contributed by atoms with E-state index >= 15 is 0 Å². The zero-order valence-corrected chi connectivity index (χ0v) is 13.4. The predicted octanol–water partition coefficient (Wildman–Crippen LogP) is 3.85. The first-order chi connectivity index (χ1) is 10.8. The van der Waals surface area contributed by atoms with Gasteiger partial charge in [0.25, 0.3) is 0 Å². The van der Waals surface area contributed by atoms with Gasteiger partial charge in [-0.05, 0) is 44.0 Å². The van der Waals surface area contributed by atoms with Crippen LogP contribution in [0.15, 0.2) is 60.7 Å². The highest BCUT2D eigenvalue weighted by atomic mass is 15.2. The fraction of sp³-hybridized carbons (Fsp3) is 0.400. The first-order valence-electron chi connectivity index (χ1n) is 8.41. The van der Waals surface area contributed by atoms with Crippen LogP contribution in [0.3, 0.4) is 0 Å². The average molecular weight is 294 g/mol. The van der Waals surface area contributed by atoms with E-state index in [0.717, 1.165) is 6.54 Å². The van der Waals surface area contributed by atoms with Gasteiger partial charge in [0.05, 0.1) is 6.04 Å². The lowest BCUT2D eigenvalue weighted by Crippen LogP contribution is -2.40. The molecule has 0 spiro atoms. The fourth-order valence-corrected chi connectivity index (χ4v) is 3.37. The third-order valence-electron chi connectivity index (χ3n) is 4.45. The summed E-state index contributed by atoms with van der Waals surface area (Å²) in [5, 5.41) is 3.83. The molecule has 0 amide bonds. The van der Waals surface area contributed by atoms with Gasteiger partial charge in [0.15, 0.2) is 0 Å². The Morgan fingerprint density at radius 1 is 0.864 bits per heavy atom. The maximum atomic E-state index is 3.83.